The topological polar surface area (TPSA) is 51.1 Å². The summed E-state index contributed by atoms with van der Waals surface area (Å²) >= 11 is 5.82. The van der Waals surface area contributed by atoms with E-state index in [-0.39, 0.29) is 11.5 Å². The van der Waals surface area contributed by atoms with Crippen molar-refractivity contribution in [2.75, 3.05) is 6.54 Å². The van der Waals surface area contributed by atoms with Gasteiger partial charge < -0.3 is 9.88 Å². The predicted molar refractivity (Wildman–Crippen MR) is 96.7 cm³/mol. The number of aryl methyl sites for hydroxylation is 1. The zero-order valence-corrected chi connectivity index (χ0v) is 14.0. The molecule has 1 aromatic heterocycles. The lowest BCUT2D eigenvalue weighted by molar-refractivity contribution is 0.0952. The number of rotatable bonds is 4. The maximum atomic E-state index is 12.4. The maximum absolute atomic E-state index is 12.4. The van der Waals surface area contributed by atoms with Gasteiger partial charge in [0.25, 0.3) is 11.5 Å². The van der Waals surface area contributed by atoms with Gasteiger partial charge in [-0.25, -0.2) is 0 Å². The highest BCUT2D eigenvalue weighted by Gasteiger charge is 2.08. The van der Waals surface area contributed by atoms with Crippen LogP contribution < -0.4 is 10.9 Å². The smallest absolute Gasteiger partial charge is 0.254 e. The number of nitrogens with zero attached hydrogens (tertiary/aromatic N) is 1. The lowest BCUT2D eigenvalue weighted by Gasteiger charge is -2.12. The summed E-state index contributed by atoms with van der Waals surface area (Å²) in [6.07, 6.45) is 0. The van der Waals surface area contributed by atoms with E-state index >= 15 is 0 Å². The van der Waals surface area contributed by atoms with Crippen LogP contribution in [0.4, 0.5) is 0 Å². The first-order chi connectivity index (χ1) is 11.6. The van der Waals surface area contributed by atoms with E-state index in [9.17, 15) is 9.59 Å². The molecule has 0 saturated carbocycles. The van der Waals surface area contributed by atoms with Crippen molar-refractivity contribution >= 4 is 28.4 Å². The van der Waals surface area contributed by atoms with Gasteiger partial charge in [0.2, 0.25) is 0 Å². The van der Waals surface area contributed by atoms with Gasteiger partial charge in [-0.05, 0) is 48.7 Å². The van der Waals surface area contributed by atoms with Gasteiger partial charge in [-0.3, -0.25) is 9.59 Å². The summed E-state index contributed by atoms with van der Waals surface area (Å²) < 4.78 is 1.70. The van der Waals surface area contributed by atoms with E-state index in [1.165, 1.54) is 0 Å². The lowest BCUT2D eigenvalue weighted by Crippen LogP contribution is -2.31. The molecule has 5 heteroatoms. The standard InChI is InChI=1S/C19H17ClN2O2/c1-13-12-15-4-2-3-5-17(15)22(19(13)24)11-10-21-18(23)14-6-8-16(20)9-7-14/h2-9,12H,10-11H2,1H3,(H,21,23). The normalized spacial score (nSPS) is 10.8. The molecule has 0 spiro atoms. The Morgan fingerprint density at radius 1 is 1.12 bits per heavy atom. The fourth-order valence-electron chi connectivity index (χ4n) is 2.68. The monoisotopic (exact) mass is 340 g/mol. The van der Waals surface area contributed by atoms with Gasteiger partial charge >= 0.3 is 0 Å². The second-order valence-corrected chi connectivity index (χ2v) is 6.04. The van der Waals surface area contributed by atoms with Gasteiger partial charge in [0.05, 0.1) is 5.52 Å². The van der Waals surface area contributed by atoms with Crippen LogP contribution >= 0.6 is 11.6 Å². The molecule has 0 saturated heterocycles. The molecule has 1 amide bonds. The van der Waals surface area contributed by atoms with E-state index in [2.05, 4.69) is 5.32 Å². The Balaban J connectivity index is 1.76. The molecule has 0 radical (unpaired) electrons. The molecule has 122 valence electrons. The number of nitrogens with one attached hydrogen (secondary N) is 1. The van der Waals surface area contributed by atoms with Crippen LogP contribution in [0.15, 0.2) is 59.4 Å². The van der Waals surface area contributed by atoms with Crippen LogP contribution in [0.2, 0.25) is 5.02 Å². The van der Waals surface area contributed by atoms with Crippen LogP contribution in [-0.4, -0.2) is 17.0 Å². The first-order valence-corrected chi connectivity index (χ1v) is 8.07. The van der Waals surface area contributed by atoms with Crippen LogP contribution in [0, 0.1) is 6.92 Å². The molecule has 24 heavy (non-hydrogen) atoms. The quantitative estimate of drug-likeness (QED) is 0.791. The summed E-state index contributed by atoms with van der Waals surface area (Å²) in [4.78, 5) is 24.5. The SMILES string of the molecule is Cc1cc2ccccc2n(CCNC(=O)c2ccc(Cl)cc2)c1=O. The highest BCUT2D eigenvalue weighted by atomic mass is 35.5. The third kappa shape index (κ3) is 3.34. The fraction of sp³-hybridized carbons (Fsp3) is 0.158. The van der Waals surface area contributed by atoms with Crippen molar-refractivity contribution in [1.82, 2.24) is 9.88 Å². The minimum Gasteiger partial charge on any atom is -0.350 e. The Morgan fingerprint density at radius 3 is 2.58 bits per heavy atom. The number of para-hydroxylation sites is 1. The van der Waals surface area contributed by atoms with E-state index in [1.54, 1.807) is 35.8 Å². The molecular weight excluding hydrogens is 324 g/mol. The van der Waals surface area contributed by atoms with Gasteiger partial charge in [0.1, 0.15) is 0 Å². The molecule has 2 aromatic carbocycles. The summed E-state index contributed by atoms with van der Waals surface area (Å²) in [5, 5.41) is 4.44. The zero-order valence-electron chi connectivity index (χ0n) is 13.3. The zero-order chi connectivity index (χ0) is 17.1. The number of pyridine rings is 1. The first kappa shape index (κ1) is 16.3. The number of aromatic nitrogens is 1. The summed E-state index contributed by atoms with van der Waals surface area (Å²) in [5.74, 6) is -0.184. The van der Waals surface area contributed by atoms with Crippen molar-refractivity contribution in [1.29, 1.82) is 0 Å². The largest absolute Gasteiger partial charge is 0.350 e. The molecule has 0 atom stereocenters. The van der Waals surface area contributed by atoms with Crippen LogP contribution in [0.5, 0.6) is 0 Å². The van der Waals surface area contributed by atoms with Crippen molar-refractivity contribution in [2.24, 2.45) is 0 Å². The van der Waals surface area contributed by atoms with Crippen LogP contribution in [-0.2, 0) is 6.54 Å². The van der Waals surface area contributed by atoms with Gasteiger partial charge in [0, 0.05) is 29.2 Å². The molecule has 0 bridgehead atoms. The van der Waals surface area contributed by atoms with E-state index in [0.29, 0.717) is 29.2 Å². The molecule has 4 nitrogen and oxygen atoms in total. The minimum absolute atomic E-state index is 0.0329. The van der Waals surface area contributed by atoms with Crippen LogP contribution in [0.25, 0.3) is 10.9 Å². The molecule has 1 heterocycles. The van der Waals surface area contributed by atoms with Crippen molar-refractivity contribution in [3.8, 4) is 0 Å². The summed E-state index contributed by atoms with van der Waals surface area (Å²) in [6.45, 7) is 2.59. The van der Waals surface area contributed by atoms with Crippen molar-refractivity contribution in [3.05, 3.63) is 81.1 Å². The number of hydrogen-bond acceptors (Lipinski definition) is 2. The Hall–Kier alpha value is -2.59. The molecule has 0 aliphatic carbocycles. The molecule has 0 aliphatic rings. The van der Waals surface area contributed by atoms with E-state index in [1.807, 2.05) is 30.3 Å². The number of halogens is 1. The second-order valence-electron chi connectivity index (χ2n) is 5.61. The number of fused-ring (bicyclic) bond motifs is 1. The second kappa shape index (κ2) is 6.89. The van der Waals surface area contributed by atoms with Gasteiger partial charge in [-0.2, -0.15) is 0 Å². The maximum Gasteiger partial charge on any atom is 0.254 e. The minimum atomic E-state index is -0.184. The Bertz CT molecular complexity index is 946. The average molecular weight is 341 g/mol. The molecule has 0 fully saturated rings. The number of amides is 1. The molecule has 3 aromatic rings. The number of carbonyl (C=O) groups is 1. The van der Waals surface area contributed by atoms with Gasteiger partial charge in [-0.15, -0.1) is 0 Å². The third-order valence-corrected chi connectivity index (χ3v) is 4.16. The van der Waals surface area contributed by atoms with Crippen LogP contribution in [0.1, 0.15) is 15.9 Å². The average Bonchev–Trinajstić information content (AvgIpc) is 2.58. The lowest BCUT2D eigenvalue weighted by atomic mass is 10.1. The van der Waals surface area contributed by atoms with E-state index < -0.39 is 0 Å². The Kier molecular flexibility index (Phi) is 4.67. The first-order valence-electron chi connectivity index (χ1n) is 7.69. The molecular formula is C19H17ClN2O2. The summed E-state index contributed by atoms with van der Waals surface area (Å²) in [7, 11) is 0. The summed E-state index contributed by atoms with van der Waals surface area (Å²) in [6, 6.07) is 16.3. The van der Waals surface area contributed by atoms with Gasteiger partial charge in [-0.1, -0.05) is 29.8 Å². The van der Waals surface area contributed by atoms with Crippen molar-refractivity contribution in [3.63, 3.8) is 0 Å². The van der Waals surface area contributed by atoms with E-state index in [0.717, 1.165) is 10.9 Å². The molecule has 0 unspecified atom stereocenters. The van der Waals surface area contributed by atoms with E-state index in [4.69, 9.17) is 11.6 Å². The van der Waals surface area contributed by atoms with Crippen molar-refractivity contribution < 1.29 is 4.79 Å². The Labute approximate surface area is 144 Å². The number of benzene rings is 2. The third-order valence-electron chi connectivity index (χ3n) is 3.91. The Morgan fingerprint density at radius 2 is 1.83 bits per heavy atom. The predicted octanol–water partition coefficient (Wildman–Crippen LogP) is 3.39. The van der Waals surface area contributed by atoms with Crippen LogP contribution in [0.3, 0.4) is 0 Å². The molecule has 1 N–H and O–H groups in total. The molecule has 0 aliphatic heterocycles. The highest BCUT2D eigenvalue weighted by Crippen LogP contribution is 2.13. The van der Waals surface area contributed by atoms with Crippen molar-refractivity contribution in [2.45, 2.75) is 13.5 Å². The number of hydrogen-bond donors (Lipinski definition) is 1. The molecule has 3 rings (SSSR count). The van der Waals surface area contributed by atoms with Gasteiger partial charge in [0.15, 0.2) is 0 Å². The number of carbonyl (C=O) groups excluding carboxylic acids is 1. The fourth-order valence-corrected chi connectivity index (χ4v) is 2.81. The highest BCUT2D eigenvalue weighted by molar-refractivity contribution is 6.30. The summed E-state index contributed by atoms with van der Waals surface area (Å²) in [5.41, 5.74) is 2.07.